The number of fused-ring (bicyclic) bond motifs is 1. The highest BCUT2D eigenvalue weighted by atomic mass is 79.9. The standard InChI is InChI=1S/C13H14BrNO3/c14-10-2-1-9(18-10)13(17)15-5-7-3-6-4-8(7)11(15)12(6)16/h1-2,6-8,11-12,16H,3-5H2. The summed E-state index contributed by atoms with van der Waals surface area (Å²) >= 11 is 3.21. The van der Waals surface area contributed by atoms with Crippen LogP contribution in [-0.2, 0) is 0 Å². The summed E-state index contributed by atoms with van der Waals surface area (Å²) in [5.41, 5.74) is 0. The zero-order valence-corrected chi connectivity index (χ0v) is 11.3. The summed E-state index contributed by atoms with van der Waals surface area (Å²) < 4.78 is 5.90. The van der Waals surface area contributed by atoms with Gasteiger partial charge in [0.15, 0.2) is 10.4 Å². The van der Waals surface area contributed by atoms with Crippen LogP contribution in [0.1, 0.15) is 23.4 Å². The molecular weight excluding hydrogens is 298 g/mol. The lowest BCUT2D eigenvalue weighted by atomic mass is 9.88. The van der Waals surface area contributed by atoms with Crippen molar-refractivity contribution in [1.29, 1.82) is 0 Å². The Bertz CT molecular complexity index is 512. The van der Waals surface area contributed by atoms with Gasteiger partial charge in [0.1, 0.15) is 0 Å². The quantitative estimate of drug-likeness (QED) is 0.861. The molecule has 0 aromatic carbocycles. The van der Waals surface area contributed by atoms with Crippen LogP contribution in [0.4, 0.5) is 0 Å². The molecule has 4 nitrogen and oxygen atoms in total. The summed E-state index contributed by atoms with van der Waals surface area (Å²) in [5.74, 6) is 1.78. The van der Waals surface area contributed by atoms with Gasteiger partial charge in [-0.15, -0.1) is 0 Å². The molecular formula is C13H14BrNO3. The van der Waals surface area contributed by atoms with Gasteiger partial charge < -0.3 is 14.4 Å². The molecule has 2 saturated carbocycles. The van der Waals surface area contributed by atoms with E-state index >= 15 is 0 Å². The molecule has 3 fully saturated rings. The number of likely N-dealkylation sites (tertiary alicyclic amines) is 1. The summed E-state index contributed by atoms with van der Waals surface area (Å²) in [7, 11) is 0. The lowest BCUT2D eigenvalue weighted by Crippen LogP contribution is -2.43. The lowest BCUT2D eigenvalue weighted by Gasteiger charge is -2.28. The van der Waals surface area contributed by atoms with Crippen molar-refractivity contribution in [1.82, 2.24) is 4.90 Å². The molecule has 1 aliphatic heterocycles. The third-order valence-electron chi connectivity index (χ3n) is 4.89. The number of amides is 1. The number of halogens is 1. The first kappa shape index (κ1) is 11.1. The van der Waals surface area contributed by atoms with Crippen LogP contribution in [0.25, 0.3) is 0 Å². The summed E-state index contributed by atoms with van der Waals surface area (Å²) in [4.78, 5) is 14.2. The van der Waals surface area contributed by atoms with E-state index in [4.69, 9.17) is 4.42 Å². The van der Waals surface area contributed by atoms with Gasteiger partial charge in [-0.1, -0.05) is 0 Å². The fourth-order valence-electron chi connectivity index (χ4n) is 4.22. The molecule has 5 unspecified atom stereocenters. The van der Waals surface area contributed by atoms with Crippen LogP contribution in [0.2, 0.25) is 0 Å². The Morgan fingerprint density at radius 3 is 2.89 bits per heavy atom. The lowest BCUT2D eigenvalue weighted by molar-refractivity contribution is 0.0381. The second-order valence-corrected chi connectivity index (χ2v) is 6.48. The van der Waals surface area contributed by atoms with Crippen LogP contribution in [0.3, 0.4) is 0 Å². The van der Waals surface area contributed by atoms with Crippen molar-refractivity contribution in [3.05, 3.63) is 22.6 Å². The van der Waals surface area contributed by atoms with Gasteiger partial charge in [-0.05, 0) is 58.7 Å². The first-order chi connectivity index (χ1) is 8.65. The summed E-state index contributed by atoms with van der Waals surface area (Å²) in [6, 6.07) is 3.43. The molecule has 18 heavy (non-hydrogen) atoms. The number of carbonyl (C=O) groups is 1. The molecule has 2 bridgehead atoms. The monoisotopic (exact) mass is 311 g/mol. The SMILES string of the molecule is O=C(c1ccc(Br)o1)N1CC2CC3CC2C1C3O. The minimum atomic E-state index is -0.337. The van der Waals surface area contributed by atoms with Crippen molar-refractivity contribution in [3.8, 4) is 0 Å². The van der Waals surface area contributed by atoms with E-state index in [0.717, 1.165) is 19.4 Å². The van der Waals surface area contributed by atoms with Crippen LogP contribution in [0.15, 0.2) is 21.2 Å². The minimum Gasteiger partial charge on any atom is -0.444 e. The molecule has 4 rings (SSSR count). The van der Waals surface area contributed by atoms with Gasteiger partial charge in [0.2, 0.25) is 0 Å². The minimum absolute atomic E-state index is 0.0186. The fourth-order valence-corrected chi connectivity index (χ4v) is 4.53. The maximum atomic E-state index is 12.4. The van der Waals surface area contributed by atoms with E-state index in [0.29, 0.717) is 28.2 Å². The number of aliphatic hydroxyl groups excluding tert-OH is 1. The Labute approximate surface area is 113 Å². The number of carbonyl (C=O) groups excluding carboxylic acids is 1. The Hall–Kier alpha value is -0.810. The van der Waals surface area contributed by atoms with Crippen molar-refractivity contribution < 1.29 is 14.3 Å². The number of aliphatic hydroxyl groups is 1. The van der Waals surface area contributed by atoms with Crippen LogP contribution < -0.4 is 0 Å². The normalized spacial score (nSPS) is 40.8. The van der Waals surface area contributed by atoms with Crippen LogP contribution in [0, 0.1) is 17.8 Å². The molecule has 0 spiro atoms. The third kappa shape index (κ3) is 1.32. The van der Waals surface area contributed by atoms with Crippen molar-refractivity contribution in [2.24, 2.45) is 17.8 Å². The summed E-state index contributed by atoms with van der Waals surface area (Å²) in [6.45, 7) is 0.778. The first-order valence-electron chi connectivity index (χ1n) is 6.39. The highest BCUT2D eigenvalue weighted by Gasteiger charge is 2.60. The molecule has 2 heterocycles. The van der Waals surface area contributed by atoms with Gasteiger partial charge in [0, 0.05) is 6.54 Å². The van der Waals surface area contributed by atoms with E-state index in [-0.39, 0.29) is 18.1 Å². The van der Waals surface area contributed by atoms with Crippen molar-refractivity contribution in [2.45, 2.75) is 25.0 Å². The Morgan fingerprint density at radius 1 is 1.39 bits per heavy atom. The van der Waals surface area contributed by atoms with E-state index in [1.54, 1.807) is 12.1 Å². The molecule has 1 N–H and O–H groups in total. The number of rotatable bonds is 1. The second-order valence-electron chi connectivity index (χ2n) is 5.70. The topological polar surface area (TPSA) is 53.7 Å². The van der Waals surface area contributed by atoms with Gasteiger partial charge >= 0.3 is 0 Å². The van der Waals surface area contributed by atoms with Gasteiger partial charge in [-0.25, -0.2) is 0 Å². The van der Waals surface area contributed by atoms with Crippen molar-refractivity contribution >= 4 is 21.8 Å². The fraction of sp³-hybridized carbons (Fsp3) is 0.615. The molecule has 1 amide bonds. The largest absolute Gasteiger partial charge is 0.444 e. The number of hydrogen-bond donors (Lipinski definition) is 1. The molecule has 2 aliphatic carbocycles. The molecule has 3 aliphatic rings. The number of hydrogen-bond acceptors (Lipinski definition) is 3. The number of nitrogens with zero attached hydrogens (tertiary/aromatic N) is 1. The van der Waals surface area contributed by atoms with Crippen molar-refractivity contribution in [3.63, 3.8) is 0 Å². The van der Waals surface area contributed by atoms with Crippen LogP contribution in [-0.4, -0.2) is 34.6 Å². The van der Waals surface area contributed by atoms with Gasteiger partial charge in [0.25, 0.3) is 5.91 Å². The van der Waals surface area contributed by atoms with E-state index in [2.05, 4.69) is 15.9 Å². The predicted octanol–water partition coefficient (Wildman–Crippen LogP) is 1.88. The van der Waals surface area contributed by atoms with E-state index in [9.17, 15) is 9.90 Å². The Kier molecular flexibility index (Phi) is 2.21. The zero-order valence-electron chi connectivity index (χ0n) is 9.75. The highest BCUT2D eigenvalue weighted by molar-refractivity contribution is 9.10. The van der Waals surface area contributed by atoms with E-state index in [1.165, 1.54) is 0 Å². The highest BCUT2D eigenvalue weighted by Crippen LogP contribution is 2.55. The maximum Gasteiger partial charge on any atom is 0.289 e. The average Bonchev–Trinajstić information content (AvgIpc) is 3.01. The molecule has 5 atom stereocenters. The van der Waals surface area contributed by atoms with Gasteiger partial charge in [-0.2, -0.15) is 0 Å². The molecule has 5 heteroatoms. The smallest absolute Gasteiger partial charge is 0.289 e. The molecule has 0 radical (unpaired) electrons. The van der Waals surface area contributed by atoms with Gasteiger partial charge in [-0.3, -0.25) is 4.79 Å². The average molecular weight is 312 g/mol. The second kappa shape index (κ2) is 3.61. The molecule has 96 valence electrons. The summed E-state index contributed by atoms with van der Waals surface area (Å²) in [5, 5.41) is 10.2. The first-order valence-corrected chi connectivity index (χ1v) is 7.19. The van der Waals surface area contributed by atoms with Crippen molar-refractivity contribution in [2.75, 3.05) is 6.54 Å². The van der Waals surface area contributed by atoms with Gasteiger partial charge in [0.05, 0.1) is 12.1 Å². The van der Waals surface area contributed by atoms with Crippen LogP contribution >= 0.6 is 15.9 Å². The predicted molar refractivity (Wildman–Crippen MR) is 66.9 cm³/mol. The zero-order chi connectivity index (χ0) is 12.4. The third-order valence-corrected chi connectivity index (χ3v) is 5.32. The molecule has 1 aromatic rings. The van der Waals surface area contributed by atoms with E-state index < -0.39 is 0 Å². The molecule has 1 saturated heterocycles. The Morgan fingerprint density at radius 2 is 2.22 bits per heavy atom. The maximum absolute atomic E-state index is 12.4. The molecule has 1 aromatic heterocycles. The summed E-state index contributed by atoms with van der Waals surface area (Å²) in [6.07, 6.45) is 1.83. The number of furan rings is 1. The van der Waals surface area contributed by atoms with Crippen LogP contribution in [0.5, 0.6) is 0 Å². The Balaban J connectivity index is 1.65. The van der Waals surface area contributed by atoms with E-state index in [1.807, 2.05) is 4.90 Å².